The highest BCUT2D eigenvalue weighted by molar-refractivity contribution is 6.07. The van der Waals surface area contributed by atoms with Crippen LogP contribution in [0.15, 0.2) is 12.1 Å². The van der Waals surface area contributed by atoms with Gasteiger partial charge in [-0.15, -0.1) is 0 Å². The number of methoxy groups -OCH3 is 1. The predicted molar refractivity (Wildman–Crippen MR) is 49.3 cm³/mol. The molecule has 0 amide bonds. The third kappa shape index (κ3) is 1.32. The Morgan fingerprint density at radius 1 is 1.53 bits per heavy atom. The van der Waals surface area contributed by atoms with Crippen LogP contribution in [0.4, 0.5) is 0 Å². The number of phenolic OH excluding ortho intramolecular Hbond substituents is 1. The molecule has 0 saturated carbocycles. The van der Waals surface area contributed by atoms with Crippen LogP contribution in [-0.2, 0) is 4.74 Å². The molecule has 15 heavy (non-hydrogen) atoms. The molecule has 1 aromatic carbocycles. The van der Waals surface area contributed by atoms with Crippen molar-refractivity contribution in [3.8, 4) is 11.5 Å². The normalized spacial score (nSPS) is 13.3. The van der Waals surface area contributed by atoms with Crippen molar-refractivity contribution in [2.75, 3.05) is 13.7 Å². The van der Waals surface area contributed by atoms with Gasteiger partial charge in [-0.3, -0.25) is 4.79 Å². The first kappa shape index (κ1) is 9.51. The molecule has 2 rings (SSSR count). The molecule has 0 unspecified atom stereocenters. The number of hydrogen-bond donors (Lipinski definition) is 1. The molecule has 1 heterocycles. The Labute approximate surface area is 85.2 Å². The summed E-state index contributed by atoms with van der Waals surface area (Å²) in [4.78, 5) is 22.6. The van der Waals surface area contributed by atoms with Crippen LogP contribution < -0.4 is 4.74 Å². The molecule has 1 aliphatic heterocycles. The number of ether oxygens (including phenoxy) is 2. The minimum atomic E-state index is -0.723. The lowest BCUT2D eigenvalue weighted by molar-refractivity contribution is 0.0592. The number of rotatable bonds is 1. The molecule has 0 aliphatic carbocycles. The SMILES string of the molecule is COC(=O)c1c(O)ccc2c1OCC2=O. The van der Waals surface area contributed by atoms with Gasteiger partial charge in [0.25, 0.3) is 0 Å². The molecule has 1 aliphatic rings. The molecule has 1 aromatic rings. The number of benzene rings is 1. The van der Waals surface area contributed by atoms with E-state index in [0.29, 0.717) is 5.56 Å². The van der Waals surface area contributed by atoms with E-state index in [9.17, 15) is 14.7 Å². The molecular formula is C10H8O5. The minimum Gasteiger partial charge on any atom is -0.507 e. The van der Waals surface area contributed by atoms with Gasteiger partial charge in [0.1, 0.15) is 17.1 Å². The maximum atomic E-state index is 11.3. The molecule has 5 heteroatoms. The summed E-state index contributed by atoms with van der Waals surface area (Å²) in [5.74, 6) is -1.09. The molecule has 1 N–H and O–H groups in total. The van der Waals surface area contributed by atoms with Crippen molar-refractivity contribution < 1.29 is 24.2 Å². The number of Topliss-reactive ketones (excluding diaryl/α,β-unsaturated/α-hetero) is 1. The molecule has 0 spiro atoms. The Balaban J connectivity index is 2.63. The summed E-state index contributed by atoms with van der Waals surface area (Å²) in [5.41, 5.74) is 0.203. The van der Waals surface area contributed by atoms with Gasteiger partial charge >= 0.3 is 5.97 Å². The Morgan fingerprint density at radius 3 is 2.93 bits per heavy atom. The topological polar surface area (TPSA) is 72.8 Å². The molecule has 0 atom stereocenters. The van der Waals surface area contributed by atoms with Crippen molar-refractivity contribution in [2.24, 2.45) is 0 Å². The monoisotopic (exact) mass is 208 g/mol. The second kappa shape index (κ2) is 3.27. The zero-order chi connectivity index (χ0) is 11.0. The number of phenols is 1. The summed E-state index contributed by atoms with van der Waals surface area (Å²) in [7, 11) is 1.19. The van der Waals surface area contributed by atoms with Crippen molar-refractivity contribution in [1.82, 2.24) is 0 Å². The minimum absolute atomic E-state index is 0.0964. The fourth-order valence-electron chi connectivity index (χ4n) is 1.46. The van der Waals surface area contributed by atoms with Gasteiger partial charge < -0.3 is 14.6 Å². The van der Waals surface area contributed by atoms with Crippen molar-refractivity contribution >= 4 is 11.8 Å². The second-order valence-electron chi connectivity index (χ2n) is 3.04. The van der Waals surface area contributed by atoms with Gasteiger partial charge in [-0.1, -0.05) is 0 Å². The lowest BCUT2D eigenvalue weighted by Gasteiger charge is -2.06. The van der Waals surface area contributed by atoms with E-state index in [1.165, 1.54) is 19.2 Å². The second-order valence-corrected chi connectivity index (χ2v) is 3.04. The average Bonchev–Trinajstić information content (AvgIpc) is 2.59. The molecule has 0 bridgehead atoms. The largest absolute Gasteiger partial charge is 0.507 e. The number of ketones is 1. The molecular weight excluding hydrogens is 200 g/mol. The Morgan fingerprint density at radius 2 is 2.27 bits per heavy atom. The molecule has 5 nitrogen and oxygen atoms in total. The fourth-order valence-corrected chi connectivity index (χ4v) is 1.46. The Hall–Kier alpha value is -2.04. The highest BCUT2D eigenvalue weighted by atomic mass is 16.5. The van der Waals surface area contributed by atoms with E-state index in [1.807, 2.05) is 0 Å². The van der Waals surface area contributed by atoms with Crippen molar-refractivity contribution in [3.63, 3.8) is 0 Å². The van der Waals surface area contributed by atoms with Crippen LogP contribution in [-0.4, -0.2) is 30.6 Å². The van der Waals surface area contributed by atoms with Gasteiger partial charge in [0, 0.05) is 0 Å². The van der Waals surface area contributed by atoms with Gasteiger partial charge in [0.05, 0.1) is 12.7 Å². The van der Waals surface area contributed by atoms with Gasteiger partial charge in [-0.05, 0) is 12.1 Å². The maximum absolute atomic E-state index is 11.3. The van der Waals surface area contributed by atoms with Gasteiger partial charge in [-0.25, -0.2) is 4.79 Å². The standard InChI is InChI=1S/C10H8O5/c1-14-10(13)8-6(11)3-2-5-7(12)4-15-9(5)8/h2-3,11H,4H2,1H3. The van der Waals surface area contributed by atoms with Crippen LogP contribution in [0.5, 0.6) is 11.5 Å². The van der Waals surface area contributed by atoms with E-state index in [2.05, 4.69) is 4.74 Å². The average molecular weight is 208 g/mol. The summed E-state index contributed by atoms with van der Waals surface area (Å²) in [6.07, 6.45) is 0. The van der Waals surface area contributed by atoms with E-state index in [4.69, 9.17) is 4.74 Å². The number of esters is 1. The first-order valence-electron chi connectivity index (χ1n) is 4.25. The molecule has 0 radical (unpaired) electrons. The number of fused-ring (bicyclic) bond motifs is 1. The summed E-state index contributed by atoms with van der Waals surface area (Å²) >= 11 is 0. The Bertz CT molecular complexity index is 449. The first-order chi connectivity index (χ1) is 7.15. The maximum Gasteiger partial charge on any atom is 0.345 e. The van der Waals surface area contributed by atoms with E-state index >= 15 is 0 Å². The zero-order valence-electron chi connectivity index (χ0n) is 7.94. The lowest BCUT2D eigenvalue weighted by atomic mass is 10.1. The molecule has 0 fully saturated rings. The molecule has 78 valence electrons. The van der Waals surface area contributed by atoms with E-state index in [1.54, 1.807) is 0 Å². The number of carbonyl (C=O) groups is 2. The van der Waals surface area contributed by atoms with E-state index in [-0.39, 0.29) is 29.5 Å². The lowest BCUT2D eigenvalue weighted by Crippen LogP contribution is -2.04. The summed E-state index contributed by atoms with van der Waals surface area (Å²) in [6, 6.07) is 2.70. The number of aromatic hydroxyl groups is 1. The van der Waals surface area contributed by atoms with Crippen LogP contribution in [0.1, 0.15) is 20.7 Å². The molecule has 0 aromatic heterocycles. The van der Waals surface area contributed by atoms with Gasteiger partial charge in [-0.2, -0.15) is 0 Å². The van der Waals surface area contributed by atoms with Crippen LogP contribution in [0.3, 0.4) is 0 Å². The predicted octanol–water partition coefficient (Wildman–Crippen LogP) is 0.754. The van der Waals surface area contributed by atoms with Crippen LogP contribution in [0.2, 0.25) is 0 Å². The Kier molecular flexibility index (Phi) is 2.07. The number of hydrogen-bond acceptors (Lipinski definition) is 5. The summed E-state index contributed by atoms with van der Waals surface area (Å²) in [5, 5.41) is 9.47. The van der Waals surface area contributed by atoms with E-state index in [0.717, 1.165) is 0 Å². The van der Waals surface area contributed by atoms with Crippen molar-refractivity contribution in [3.05, 3.63) is 23.3 Å². The quantitative estimate of drug-likeness (QED) is 0.689. The van der Waals surface area contributed by atoms with Crippen LogP contribution >= 0.6 is 0 Å². The van der Waals surface area contributed by atoms with E-state index < -0.39 is 5.97 Å². The fraction of sp³-hybridized carbons (Fsp3) is 0.200. The third-order valence-corrected chi connectivity index (χ3v) is 2.17. The van der Waals surface area contributed by atoms with Gasteiger partial charge in [0.2, 0.25) is 5.78 Å². The van der Waals surface area contributed by atoms with Gasteiger partial charge in [0.15, 0.2) is 6.61 Å². The first-order valence-corrected chi connectivity index (χ1v) is 4.25. The van der Waals surface area contributed by atoms with Crippen molar-refractivity contribution in [1.29, 1.82) is 0 Å². The van der Waals surface area contributed by atoms with Crippen molar-refractivity contribution in [2.45, 2.75) is 0 Å². The molecule has 0 saturated heterocycles. The summed E-state index contributed by atoms with van der Waals surface area (Å²) in [6.45, 7) is -0.108. The van der Waals surface area contributed by atoms with Crippen LogP contribution in [0, 0.1) is 0 Å². The summed E-state index contributed by atoms with van der Waals surface area (Å²) < 4.78 is 9.52. The number of carbonyl (C=O) groups excluding carboxylic acids is 2. The zero-order valence-corrected chi connectivity index (χ0v) is 7.94. The highest BCUT2D eigenvalue weighted by Gasteiger charge is 2.29. The smallest absolute Gasteiger partial charge is 0.345 e. The third-order valence-electron chi connectivity index (χ3n) is 2.17. The highest BCUT2D eigenvalue weighted by Crippen LogP contribution is 2.35. The van der Waals surface area contributed by atoms with Crippen LogP contribution in [0.25, 0.3) is 0 Å².